The molecule has 1 unspecified atom stereocenters. The quantitative estimate of drug-likeness (QED) is 0.793. The largest absolute Gasteiger partial charge is 0.396 e. The molecular formula is C11H13ClFN3O3S. The van der Waals surface area contributed by atoms with Gasteiger partial charge in [0.05, 0.1) is 16.6 Å². The smallest absolute Gasteiger partial charge is 0.244 e. The number of nitrogens with two attached hydrogens (primary N) is 2. The molecule has 1 fully saturated rings. The van der Waals surface area contributed by atoms with E-state index >= 15 is 0 Å². The van der Waals surface area contributed by atoms with Crippen molar-refractivity contribution in [3.63, 3.8) is 0 Å². The molecule has 20 heavy (non-hydrogen) atoms. The molecule has 0 radical (unpaired) electrons. The minimum Gasteiger partial charge on any atom is -0.396 e. The average molecular weight is 322 g/mol. The zero-order chi connectivity index (χ0) is 15.1. The fourth-order valence-corrected chi connectivity index (χ4v) is 4.08. The van der Waals surface area contributed by atoms with Crippen LogP contribution in [-0.2, 0) is 14.8 Å². The zero-order valence-electron chi connectivity index (χ0n) is 10.3. The van der Waals surface area contributed by atoms with Crippen LogP contribution in [0.15, 0.2) is 17.0 Å². The number of anilines is 1. The van der Waals surface area contributed by atoms with Gasteiger partial charge in [-0.3, -0.25) is 4.79 Å². The Balaban J connectivity index is 2.37. The summed E-state index contributed by atoms with van der Waals surface area (Å²) in [5, 5.41) is -0.251. The standard InChI is InChI=1S/C11H13ClFN3O3S/c12-7-3-8(13)9(14)4-10(7)20(18,19)16-2-1-6(5-16)11(15)17/h3-4,6H,1-2,5,14H2,(H2,15,17). The minimum atomic E-state index is -3.93. The van der Waals surface area contributed by atoms with E-state index in [0.29, 0.717) is 6.42 Å². The molecule has 0 spiro atoms. The van der Waals surface area contributed by atoms with Crippen molar-refractivity contribution in [1.82, 2.24) is 4.31 Å². The number of sulfonamides is 1. The molecule has 0 saturated carbocycles. The summed E-state index contributed by atoms with van der Waals surface area (Å²) < 4.78 is 39.1. The van der Waals surface area contributed by atoms with Crippen LogP contribution in [0.3, 0.4) is 0 Å². The summed E-state index contributed by atoms with van der Waals surface area (Å²) in [7, 11) is -3.93. The molecule has 1 atom stereocenters. The molecule has 0 bridgehead atoms. The SMILES string of the molecule is NC(=O)C1CCN(S(=O)(=O)c2cc(N)c(F)cc2Cl)C1. The van der Waals surface area contributed by atoms with Gasteiger partial charge in [0.15, 0.2) is 0 Å². The second-order valence-corrected chi connectivity index (χ2v) is 6.87. The Bertz CT molecular complexity index is 665. The van der Waals surface area contributed by atoms with Crippen LogP contribution in [0.25, 0.3) is 0 Å². The monoisotopic (exact) mass is 321 g/mol. The molecule has 1 saturated heterocycles. The van der Waals surface area contributed by atoms with E-state index in [1.54, 1.807) is 0 Å². The number of amides is 1. The van der Waals surface area contributed by atoms with Gasteiger partial charge in [-0.05, 0) is 18.6 Å². The molecule has 1 aromatic carbocycles. The maximum absolute atomic E-state index is 13.2. The first-order valence-electron chi connectivity index (χ1n) is 5.77. The predicted molar refractivity (Wildman–Crippen MR) is 71.9 cm³/mol. The summed E-state index contributed by atoms with van der Waals surface area (Å²) in [4.78, 5) is 10.8. The van der Waals surface area contributed by atoms with Gasteiger partial charge in [-0.15, -0.1) is 0 Å². The highest BCUT2D eigenvalue weighted by molar-refractivity contribution is 7.89. The Morgan fingerprint density at radius 1 is 1.45 bits per heavy atom. The van der Waals surface area contributed by atoms with E-state index in [1.807, 2.05) is 0 Å². The fraction of sp³-hybridized carbons (Fsp3) is 0.364. The molecule has 0 aromatic heterocycles. The number of hydrogen-bond acceptors (Lipinski definition) is 4. The molecule has 1 aliphatic rings. The van der Waals surface area contributed by atoms with Crippen LogP contribution in [0.5, 0.6) is 0 Å². The Hall–Kier alpha value is -1.38. The molecule has 0 aliphatic carbocycles. The van der Waals surface area contributed by atoms with Crippen LogP contribution in [0.2, 0.25) is 5.02 Å². The summed E-state index contributed by atoms with van der Waals surface area (Å²) >= 11 is 5.77. The normalized spacial score (nSPS) is 20.2. The number of nitrogens with zero attached hydrogens (tertiary/aromatic N) is 1. The van der Waals surface area contributed by atoms with Crippen molar-refractivity contribution in [3.05, 3.63) is 23.0 Å². The number of hydrogen-bond donors (Lipinski definition) is 2. The highest BCUT2D eigenvalue weighted by atomic mass is 35.5. The van der Waals surface area contributed by atoms with Gasteiger partial charge in [-0.2, -0.15) is 4.31 Å². The lowest BCUT2D eigenvalue weighted by Gasteiger charge is -2.17. The summed E-state index contributed by atoms with van der Waals surface area (Å²) in [6.07, 6.45) is 0.350. The average Bonchev–Trinajstić information content (AvgIpc) is 2.83. The lowest BCUT2D eigenvalue weighted by atomic mass is 10.1. The van der Waals surface area contributed by atoms with Gasteiger partial charge >= 0.3 is 0 Å². The topological polar surface area (TPSA) is 106 Å². The Morgan fingerprint density at radius 2 is 2.10 bits per heavy atom. The van der Waals surface area contributed by atoms with Crippen molar-refractivity contribution in [2.24, 2.45) is 11.7 Å². The maximum Gasteiger partial charge on any atom is 0.244 e. The maximum atomic E-state index is 13.2. The first-order chi connectivity index (χ1) is 9.23. The number of primary amides is 1. The summed E-state index contributed by atoms with van der Waals surface area (Å²) in [5.74, 6) is -1.86. The molecule has 1 aromatic rings. The molecule has 110 valence electrons. The van der Waals surface area contributed by atoms with Crippen LogP contribution >= 0.6 is 11.6 Å². The number of benzene rings is 1. The van der Waals surface area contributed by atoms with E-state index < -0.39 is 27.7 Å². The first kappa shape index (κ1) is 15.0. The van der Waals surface area contributed by atoms with Gasteiger partial charge in [0, 0.05) is 13.1 Å². The number of nitrogen functional groups attached to an aromatic ring is 1. The third-order valence-corrected chi connectivity index (χ3v) is 5.55. The van der Waals surface area contributed by atoms with Crippen molar-refractivity contribution in [3.8, 4) is 0 Å². The van der Waals surface area contributed by atoms with Gasteiger partial charge in [-0.1, -0.05) is 11.6 Å². The van der Waals surface area contributed by atoms with Crippen LogP contribution in [0, 0.1) is 11.7 Å². The number of halogens is 2. The lowest BCUT2D eigenvalue weighted by Crippen LogP contribution is -2.32. The highest BCUT2D eigenvalue weighted by Crippen LogP contribution is 2.31. The lowest BCUT2D eigenvalue weighted by molar-refractivity contribution is -0.121. The summed E-state index contributed by atoms with van der Waals surface area (Å²) in [6, 6.07) is 1.83. The minimum absolute atomic E-state index is 0.00865. The van der Waals surface area contributed by atoms with Crippen molar-refractivity contribution >= 4 is 33.2 Å². The molecule has 1 amide bonds. The first-order valence-corrected chi connectivity index (χ1v) is 7.59. The molecule has 4 N–H and O–H groups in total. The number of carbonyl (C=O) groups excluding carboxylic acids is 1. The Morgan fingerprint density at radius 3 is 2.65 bits per heavy atom. The van der Waals surface area contributed by atoms with Crippen LogP contribution < -0.4 is 11.5 Å². The van der Waals surface area contributed by atoms with Crippen molar-refractivity contribution in [2.75, 3.05) is 18.8 Å². The van der Waals surface area contributed by atoms with Crippen LogP contribution in [0.1, 0.15) is 6.42 Å². The molecule has 9 heteroatoms. The molecular weight excluding hydrogens is 309 g/mol. The van der Waals surface area contributed by atoms with E-state index in [1.165, 1.54) is 0 Å². The zero-order valence-corrected chi connectivity index (χ0v) is 11.9. The van der Waals surface area contributed by atoms with E-state index in [4.69, 9.17) is 23.1 Å². The van der Waals surface area contributed by atoms with E-state index in [9.17, 15) is 17.6 Å². The fourth-order valence-electron chi connectivity index (χ4n) is 2.06. The van der Waals surface area contributed by atoms with Crippen molar-refractivity contribution in [1.29, 1.82) is 0 Å². The molecule has 1 heterocycles. The number of rotatable bonds is 3. The predicted octanol–water partition coefficient (Wildman–Crippen LogP) is 0.557. The van der Waals surface area contributed by atoms with E-state index in [0.717, 1.165) is 16.4 Å². The third-order valence-electron chi connectivity index (χ3n) is 3.22. The van der Waals surface area contributed by atoms with Gasteiger partial charge in [0.2, 0.25) is 15.9 Å². The summed E-state index contributed by atoms with van der Waals surface area (Å²) in [5.41, 5.74) is 10.2. The number of carbonyl (C=O) groups is 1. The highest BCUT2D eigenvalue weighted by Gasteiger charge is 2.36. The van der Waals surface area contributed by atoms with Gasteiger partial charge in [0.1, 0.15) is 10.7 Å². The molecule has 1 aliphatic heterocycles. The van der Waals surface area contributed by atoms with Crippen molar-refractivity contribution < 1.29 is 17.6 Å². The third kappa shape index (κ3) is 2.58. The molecule has 2 rings (SSSR count). The van der Waals surface area contributed by atoms with Gasteiger partial charge in [0.25, 0.3) is 0 Å². The van der Waals surface area contributed by atoms with Gasteiger partial charge in [-0.25, -0.2) is 12.8 Å². The molecule has 6 nitrogen and oxygen atoms in total. The van der Waals surface area contributed by atoms with Gasteiger partial charge < -0.3 is 11.5 Å². The second-order valence-electron chi connectivity index (χ2n) is 4.56. The Kier molecular flexibility index (Phi) is 3.90. The van der Waals surface area contributed by atoms with Crippen LogP contribution in [0.4, 0.5) is 10.1 Å². The second kappa shape index (κ2) is 5.19. The van der Waals surface area contributed by atoms with Crippen LogP contribution in [-0.4, -0.2) is 31.7 Å². The Labute approximate surface area is 120 Å². The van der Waals surface area contributed by atoms with Crippen molar-refractivity contribution in [2.45, 2.75) is 11.3 Å². The van der Waals surface area contributed by atoms with E-state index in [-0.39, 0.29) is 28.7 Å². The van der Waals surface area contributed by atoms with E-state index in [2.05, 4.69) is 0 Å². The summed E-state index contributed by atoms with van der Waals surface area (Å²) in [6.45, 7) is 0.148.